The molecule has 3 rings (SSSR count). The molecule has 0 radical (unpaired) electrons. The van der Waals surface area contributed by atoms with E-state index in [9.17, 15) is 4.79 Å². The first kappa shape index (κ1) is 18.3. The monoisotopic (exact) mass is 353 g/mol. The van der Waals surface area contributed by atoms with E-state index in [2.05, 4.69) is 13.0 Å². The van der Waals surface area contributed by atoms with Crippen LogP contribution in [0.4, 0.5) is 5.69 Å². The number of carbonyl (C=O) groups excluding carboxylic acids is 1. The molecule has 1 aliphatic heterocycles. The van der Waals surface area contributed by atoms with Crippen molar-refractivity contribution in [2.45, 2.75) is 46.1 Å². The normalized spacial score (nSPS) is 15.7. The van der Waals surface area contributed by atoms with Crippen LogP contribution in [0.3, 0.4) is 0 Å². The SMILES string of the molecule is CCOc1ccc(CCC(=O)N2c3ccccc3C[C@H]2C)cc1OCC. The number of benzene rings is 2. The highest BCUT2D eigenvalue weighted by molar-refractivity contribution is 5.96. The average molecular weight is 353 g/mol. The summed E-state index contributed by atoms with van der Waals surface area (Å²) in [5, 5.41) is 0. The number of nitrogens with zero attached hydrogens (tertiary/aromatic N) is 1. The maximum Gasteiger partial charge on any atom is 0.227 e. The van der Waals surface area contributed by atoms with Crippen LogP contribution in [0, 0.1) is 0 Å². The van der Waals surface area contributed by atoms with Crippen molar-refractivity contribution < 1.29 is 14.3 Å². The lowest BCUT2D eigenvalue weighted by Crippen LogP contribution is -2.35. The van der Waals surface area contributed by atoms with Gasteiger partial charge in [0, 0.05) is 18.2 Å². The Balaban J connectivity index is 1.69. The Morgan fingerprint density at radius 3 is 2.58 bits per heavy atom. The molecule has 4 nitrogen and oxygen atoms in total. The molecule has 0 N–H and O–H groups in total. The predicted molar refractivity (Wildman–Crippen MR) is 104 cm³/mol. The first-order valence-electron chi connectivity index (χ1n) is 9.42. The molecule has 1 amide bonds. The van der Waals surface area contributed by atoms with Crippen LogP contribution in [0.1, 0.15) is 38.3 Å². The molecule has 1 heterocycles. The van der Waals surface area contributed by atoms with Gasteiger partial charge in [-0.15, -0.1) is 0 Å². The molecule has 0 bridgehead atoms. The minimum atomic E-state index is 0.175. The molecule has 4 heteroatoms. The van der Waals surface area contributed by atoms with Crippen molar-refractivity contribution in [3.05, 3.63) is 53.6 Å². The lowest BCUT2D eigenvalue weighted by atomic mass is 10.1. The largest absolute Gasteiger partial charge is 0.490 e. The summed E-state index contributed by atoms with van der Waals surface area (Å²) >= 11 is 0. The number of carbonyl (C=O) groups is 1. The van der Waals surface area contributed by atoms with Gasteiger partial charge in [-0.3, -0.25) is 4.79 Å². The second-order valence-corrected chi connectivity index (χ2v) is 6.59. The van der Waals surface area contributed by atoms with Crippen LogP contribution < -0.4 is 14.4 Å². The van der Waals surface area contributed by atoms with Crippen LogP contribution in [-0.2, 0) is 17.6 Å². The van der Waals surface area contributed by atoms with E-state index in [4.69, 9.17) is 9.47 Å². The van der Waals surface area contributed by atoms with Crippen molar-refractivity contribution >= 4 is 11.6 Å². The number of aryl methyl sites for hydroxylation is 1. The molecular formula is C22H27NO3. The standard InChI is InChI=1S/C22H27NO3/c1-4-25-20-12-10-17(15-21(20)26-5-2)11-13-22(24)23-16(3)14-18-8-6-7-9-19(18)23/h6-10,12,15-16H,4-5,11,13-14H2,1-3H3/t16-/m1/s1. The highest BCUT2D eigenvalue weighted by atomic mass is 16.5. The number of fused-ring (bicyclic) bond motifs is 1. The molecule has 0 saturated heterocycles. The van der Waals surface area contributed by atoms with Gasteiger partial charge in [0.2, 0.25) is 5.91 Å². The second-order valence-electron chi connectivity index (χ2n) is 6.59. The van der Waals surface area contributed by atoms with Gasteiger partial charge in [0.25, 0.3) is 0 Å². The fourth-order valence-electron chi connectivity index (χ4n) is 3.57. The Labute approximate surface area is 155 Å². The second kappa shape index (κ2) is 8.26. The molecular weight excluding hydrogens is 326 g/mol. The van der Waals surface area contributed by atoms with Gasteiger partial charge in [-0.25, -0.2) is 0 Å². The van der Waals surface area contributed by atoms with E-state index in [0.717, 1.165) is 29.2 Å². The summed E-state index contributed by atoms with van der Waals surface area (Å²) in [6.45, 7) is 7.21. The van der Waals surface area contributed by atoms with Crippen LogP contribution in [0.25, 0.3) is 0 Å². The van der Waals surface area contributed by atoms with E-state index in [1.165, 1.54) is 5.56 Å². The van der Waals surface area contributed by atoms with Gasteiger partial charge in [0.1, 0.15) is 0 Å². The van der Waals surface area contributed by atoms with E-state index in [1.54, 1.807) is 0 Å². The third kappa shape index (κ3) is 3.85. The van der Waals surface area contributed by atoms with Gasteiger partial charge in [-0.05, 0) is 62.9 Å². The molecule has 2 aromatic carbocycles. The Kier molecular flexibility index (Phi) is 5.82. The number of hydrogen-bond donors (Lipinski definition) is 0. The molecule has 0 unspecified atom stereocenters. The molecule has 0 aliphatic carbocycles. The highest BCUT2D eigenvalue weighted by Crippen LogP contribution is 2.33. The summed E-state index contributed by atoms with van der Waals surface area (Å²) in [6, 6.07) is 14.3. The van der Waals surface area contributed by atoms with Gasteiger partial charge in [0.05, 0.1) is 13.2 Å². The van der Waals surface area contributed by atoms with Gasteiger partial charge in [-0.2, -0.15) is 0 Å². The number of para-hydroxylation sites is 1. The van der Waals surface area contributed by atoms with Gasteiger partial charge < -0.3 is 14.4 Å². The quantitative estimate of drug-likeness (QED) is 0.741. The Hall–Kier alpha value is -2.49. The number of ether oxygens (including phenoxy) is 2. The van der Waals surface area contributed by atoms with Crippen LogP contribution >= 0.6 is 0 Å². The number of rotatable bonds is 7. The van der Waals surface area contributed by atoms with Gasteiger partial charge in [-0.1, -0.05) is 24.3 Å². The average Bonchev–Trinajstić information content (AvgIpc) is 2.97. The lowest BCUT2D eigenvalue weighted by molar-refractivity contribution is -0.118. The fraction of sp³-hybridized carbons (Fsp3) is 0.409. The summed E-state index contributed by atoms with van der Waals surface area (Å²) in [5.74, 6) is 1.68. The van der Waals surface area contributed by atoms with E-state index >= 15 is 0 Å². The van der Waals surface area contributed by atoms with E-state index < -0.39 is 0 Å². The van der Waals surface area contributed by atoms with E-state index in [1.807, 2.05) is 55.1 Å². The van der Waals surface area contributed by atoms with Crippen molar-refractivity contribution in [2.24, 2.45) is 0 Å². The minimum Gasteiger partial charge on any atom is -0.490 e. The number of amides is 1. The minimum absolute atomic E-state index is 0.175. The number of hydrogen-bond acceptors (Lipinski definition) is 3. The Morgan fingerprint density at radius 2 is 1.81 bits per heavy atom. The molecule has 138 valence electrons. The summed E-state index contributed by atoms with van der Waals surface area (Å²) in [7, 11) is 0. The topological polar surface area (TPSA) is 38.8 Å². The molecule has 2 aromatic rings. The van der Waals surface area contributed by atoms with Crippen molar-refractivity contribution in [2.75, 3.05) is 18.1 Å². The molecule has 0 fully saturated rings. The van der Waals surface area contributed by atoms with Gasteiger partial charge in [0.15, 0.2) is 11.5 Å². The van der Waals surface area contributed by atoms with E-state index in [0.29, 0.717) is 26.1 Å². The zero-order valence-electron chi connectivity index (χ0n) is 15.8. The maximum absolute atomic E-state index is 12.8. The van der Waals surface area contributed by atoms with E-state index in [-0.39, 0.29) is 11.9 Å². The summed E-state index contributed by atoms with van der Waals surface area (Å²) in [5.41, 5.74) is 3.41. The van der Waals surface area contributed by atoms with Crippen molar-refractivity contribution in [3.63, 3.8) is 0 Å². The van der Waals surface area contributed by atoms with Crippen LogP contribution in [0.2, 0.25) is 0 Å². The Morgan fingerprint density at radius 1 is 1.08 bits per heavy atom. The highest BCUT2D eigenvalue weighted by Gasteiger charge is 2.30. The van der Waals surface area contributed by atoms with Crippen molar-refractivity contribution in [3.8, 4) is 11.5 Å². The molecule has 1 aliphatic rings. The molecule has 26 heavy (non-hydrogen) atoms. The lowest BCUT2D eigenvalue weighted by Gasteiger charge is -2.23. The molecule has 0 saturated carbocycles. The summed E-state index contributed by atoms with van der Waals surface area (Å²) in [4.78, 5) is 14.8. The van der Waals surface area contributed by atoms with Crippen LogP contribution in [0.5, 0.6) is 11.5 Å². The third-order valence-corrected chi connectivity index (χ3v) is 4.71. The molecule has 0 aromatic heterocycles. The third-order valence-electron chi connectivity index (χ3n) is 4.71. The first-order valence-corrected chi connectivity index (χ1v) is 9.42. The number of anilines is 1. The van der Waals surface area contributed by atoms with Crippen molar-refractivity contribution in [1.82, 2.24) is 0 Å². The van der Waals surface area contributed by atoms with Crippen LogP contribution in [0.15, 0.2) is 42.5 Å². The smallest absolute Gasteiger partial charge is 0.227 e. The zero-order chi connectivity index (χ0) is 18.5. The molecule has 1 atom stereocenters. The summed E-state index contributed by atoms with van der Waals surface area (Å²) in [6.07, 6.45) is 2.11. The van der Waals surface area contributed by atoms with Crippen LogP contribution in [-0.4, -0.2) is 25.2 Å². The first-order chi connectivity index (χ1) is 12.6. The van der Waals surface area contributed by atoms with Crippen molar-refractivity contribution in [1.29, 1.82) is 0 Å². The molecule has 0 spiro atoms. The zero-order valence-corrected chi connectivity index (χ0v) is 15.8. The maximum atomic E-state index is 12.8. The summed E-state index contributed by atoms with van der Waals surface area (Å²) < 4.78 is 11.3. The Bertz CT molecular complexity index is 772. The predicted octanol–water partition coefficient (Wildman–Crippen LogP) is 4.39. The fourth-order valence-corrected chi connectivity index (χ4v) is 3.57. The van der Waals surface area contributed by atoms with Gasteiger partial charge >= 0.3 is 0 Å².